The lowest BCUT2D eigenvalue weighted by molar-refractivity contribution is 0.492. The number of fused-ring (bicyclic) bond motifs is 1. The van der Waals surface area contributed by atoms with Crippen LogP contribution in [0, 0.1) is 6.92 Å². The van der Waals surface area contributed by atoms with Gasteiger partial charge in [0.25, 0.3) is 0 Å². The highest BCUT2D eigenvalue weighted by Gasteiger charge is 2.29. The predicted molar refractivity (Wildman–Crippen MR) is 58.3 cm³/mol. The van der Waals surface area contributed by atoms with E-state index in [9.17, 15) is 0 Å². The number of rotatable bonds is 0. The summed E-state index contributed by atoms with van der Waals surface area (Å²) >= 11 is 0. The number of benzene rings is 1. The number of hydrogen-bond donors (Lipinski definition) is 1. The molecule has 0 aromatic heterocycles. The lowest BCUT2D eigenvalue weighted by Gasteiger charge is -2.19. The van der Waals surface area contributed by atoms with Crippen LogP contribution in [0.4, 0.5) is 0 Å². The van der Waals surface area contributed by atoms with Gasteiger partial charge in [0, 0.05) is 5.54 Å². The van der Waals surface area contributed by atoms with Crippen molar-refractivity contribution >= 4 is 12.4 Å². The summed E-state index contributed by atoms with van der Waals surface area (Å²) < 4.78 is 0. The second-order valence-electron chi connectivity index (χ2n) is 4.08. The molecule has 0 amide bonds. The Morgan fingerprint density at radius 1 is 1.38 bits per heavy atom. The molecule has 1 atom stereocenters. The monoisotopic (exact) mass is 197 g/mol. The van der Waals surface area contributed by atoms with Gasteiger partial charge in [0.15, 0.2) is 0 Å². The lowest BCUT2D eigenvalue weighted by atomic mass is 9.94. The maximum absolute atomic E-state index is 6.16. The minimum atomic E-state index is -0.0820. The van der Waals surface area contributed by atoms with E-state index in [2.05, 4.69) is 32.0 Å². The lowest BCUT2D eigenvalue weighted by Crippen LogP contribution is -2.29. The quantitative estimate of drug-likeness (QED) is 0.680. The van der Waals surface area contributed by atoms with E-state index in [4.69, 9.17) is 5.73 Å². The Morgan fingerprint density at radius 3 is 2.77 bits per heavy atom. The van der Waals surface area contributed by atoms with E-state index in [1.54, 1.807) is 0 Å². The smallest absolute Gasteiger partial charge is 0.0387 e. The van der Waals surface area contributed by atoms with Crippen molar-refractivity contribution in [2.24, 2.45) is 5.73 Å². The Kier molecular flexibility index (Phi) is 2.69. The van der Waals surface area contributed by atoms with Crippen molar-refractivity contribution in [2.45, 2.75) is 32.2 Å². The zero-order valence-electron chi connectivity index (χ0n) is 8.13. The van der Waals surface area contributed by atoms with Gasteiger partial charge in [-0.15, -0.1) is 12.4 Å². The highest BCUT2D eigenvalue weighted by Crippen LogP contribution is 2.34. The van der Waals surface area contributed by atoms with E-state index in [1.165, 1.54) is 16.7 Å². The SMILES string of the molecule is Cc1ccc2c(c1)C(C)(N)CC2.Cl. The topological polar surface area (TPSA) is 26.0 Å². The van der Waals surface area contributed by atoms with Crippen molar-refractivity contribution in [1.82, 2.24) is 0 Å². The molecule has 0 saturated heterocycles. The normalized spacial score (nSPS) is 25.2. The third-order valence-corrected chi connectivity index (χ3v) is 2.79. The first-order valence-electron chi connectivity index (χ1n) is 4.48. The molecule has 0 bridgehead atoms. The molecule has 1 unspecified atom stereocenters. The molecule has 2 heteroatoms. The third-order valence-electron chi connectivity index (χ3n) is 2.79. The fourth-order valence-electron chi connectivity index (χ4n) is 1.97. The van der Waals surface area contributed by atoms with E-state index >= 15 is 0 Å². The van der Waals surface area contributed by atoms with E-state index in [0.717, 1.165) is 12.8 Å². The van der Waals surface area contributed by atoms with Crippen molar-refractivity contribution in [2.75, 3.05) is 0 Å². The summed E-state index contributed by atoms with van der Waals surface area (Å²) in [6, 6.07) is 6.60. The van der Waals surface area contributed by atoms with Gasteiger partial charge < -0.3 is 5.73 Å². The van der Waals surface area contributed by atoms with Gasteiger partial charge >= 0.3 is 0 Å². The summed E-state index contributed by atoms with van der Waals surface area (Å²) in [5.74, 6) is 0. The van der Waals surface area contributed by atoms with Crippen molar-refractivity contribution in [3.8, 4) is 0 Å². The maximum atomic E-state index is 6.16. The molecule has 0 aliphatic heterocycles. The molecule has 1 aliphatic rings. The van der Waals surface area contributed by atoms with E-state index in [1.807, 2.05) is 0 Å². The molecule has 72 valence electrons. The van der Waals surface area contributed by atoms with Crippen molar-refractivity contribution < 1.29 is 0 Å². The van der Waals surface area contributed by atoms with Gasteiger partial charge in [0.05, 0.1) is 0 Å². The Bertz CT molecular complexity index is 318. The summed E-state index contributed by atoms with van der Waals surface area (Å²) in [4.78, 5) is 0. The molecular weight excluding hydrogens is 182 g/mol. The molecule has 13 heavy (non-hydrogen) atoms. The molecule has 0 spiro atoms. The van der Waals surface area contributed by atoms with Crippen LogP contribution in [0.5, 0.6) is 0 Å². The van der Waals surface area contributed by atoms with Gasteiger partial charge in [0.1, 0.15) is 0 Å². The molecule has 0 saturated carbocycles. The molecule has 0 radical (unpaired) electrons. The van der Waals surface area contributed by atoms with E-state index < -0.39 is 0 Å². The van der Waals surface area contributed by atoms with Crippen molar-refractivity contribution in [3.05, 3.63) is 34.9 Å². The number of halogens is 1. The molecule has 1 aromatic carbocycles. The second-order valence-corrected chi connectivity index (χ2v) is 4.08. The number of nitrogens with two attached hydrogens (primary N) is 1. The Labute approximate surface area is 85.7 Å². The molecule has 1 nitrogen and oxygen atoms in total. The number of hydrogen-bond acceptors (Lipinski definition) is 1. The fourth-order valence-corrected chi connectivity index (χ4v) is 1.97. The summed E-state index contributed by atoms with van der Waals surface area (Å²) in [6.45, 7) is 4.24. The molecule has 0 fully saturated rings. The van der Waals surface area contributed by atoms with E-state index in [0.29, 0.717) is 0 Å². The van der Waals surface area contributed by atoms with Gasteiger partial charge in [-0.3, -0.25) is 0 Å². The van der Waals surface area contributed by atoms with Crippen molar-refractivity contribution in [3.63, 3.8) is 0 Å². The summed E-state index contributed by atoms with van der Waals surface area (Å²) in [5, 5.41) is 0. The van der Waals surface area contributed by atoms with E-state index in [-0.39, 0.29) is 17.9 Å². The van der Waals surface area contributed by atoms with Crippen LogP contribution in [0.1, 0.15) is 30.0 Å². The zero-order valence-corrected chi connectivity index (χ0v) is 8.95. The van der Waals surface area contributed by atoms with Crippen LogP contribution >= 0.6 is 12.4 Å². The molecule has 1 aliphatic carbocycles. The largest absolute Gasteiger partial charge is 0.322 e. The van der Waals surface area contributed by atoms with Gasteiger partial charge in [0.2, 0.25) is 0 Å². The molecular formula is C11H16ClN. The first kappa shape index (κ1) is 10.6. The maximum Gasteiger partial charge on any atom is 0.0387 e. The first-order chi connectivity index (χ1) is 5.59. The van der Waals surface area contributed by atoms with Gasteiger partial charge in [-0.25, -0.2) is 0 Å². The average Bonchev–Trinajstić information content (AvgIpc) is 2.28. The minimum absolute atomic E-state index is 0. The van der Waals surface area contributed by atoms with Crippen LogP contribution in [-0.4, -0.2) is 0 Å². The fraction of sp³-hybridized carbons (Fsp3) is 0.455. The van der Waals surface area contributed by atoms with Crippen LogP contribution in [0.25, 0.3) is 0 Å². The predicted octanol–water partition coefficient (Wildman–Crippen LogP) is 2.54. The Morgan fingerprint density at radius 2 is 2.08 bits per heavy atom. The number of aryl methyl sites for hydroxylation is 2. The summed E-state index contributed by atoms with van der Waals surface area (Å²) in [7, 11) is 0. The minimum Gasteiger partial charge on any atom is -0.322 e. The first-order valence-corrected chi connectivity index (χ1v) is 4.48. The highest BCUT2D eigenvalue weighted by atomic mass is 35.5. The van der Waals surface area contributed by atoms with Crippen LogP contribution in [0.15, 0.2) is 18.2 Å². The zero-order chi connectivity index (χ0) is 8.77. The average molecular weight is 198 g/mol. The van der Waals surface area contributed by atoms with Crippen LogP contribution in [0.2, 0.25) is 0 Å². The Balaban J connectivity index is 0.000000845. The molecule has 2 rings (SSSR count). The molecule has 0 heterocycles. The standard InChI is InChI=1S/C11H15N.ClH/c1-8-3-4-9-5-6-11(2,12)10(9)7-8;/h3-4,7H,5-6,12H2,1-2H3;1H. The van der Waals surface area contributed by atoms with Crippen LogP contribution < -0.4 is 5.73 Å². The molecule has 1 aromatic rings. The van der Waals surface area contributed by atoms with Crippen molar-refractivity contribution in [1.29, 1.82) is 0 Å². The third kappa shape index (κ3) is 1.72. The molecule has 2 N–H and O–H groups in total. The second kappa shape index (κ2) is 3.32. The summed E-state index contributed by atoms with van der Waals surface area (Å²) in [6.07, 6.45) is 2.23. The van der Waals surface area contributed by atoms with Gasteiger partial charge in [-0.1, -0.05) is 23.8 Å². The van der Waals surface area contributed by atoms with Gasteiger partial charge in [-0.2, -0.15) is 0 Å². The van der Waals surface area contributed by atoms with Gasteiger partial charge in [-0.05, 0) is 37.8 Å². The Hall–Kier alpha value is -0.530. The van der Waals surface area contributed by atoms with Crippen LogP contribution in [-0.2, 0) is 12.0 Å². The summed E-state index contributed by atoms with van der Waals surface area (Å²) in [5.41, 5.74) is 10.2. The highest BCUT2D eigenvalue weighted by molar-refractivity contribution is 5.85. The van der Waals surface area contributed by atoms with Crippen LogP contribution in [0.3, 0.4) is 0 Å².